The van der Waals surface area contributed by atoms with Gasteiger partial charge in [-0.3, -0.25) is 19.7 Å². The van der Waals surface area contributed by atoms with Crippen LogP contribution in [0.3, 0.4) is 0 Å². The molecule has 0 aliphatic carbocycles. The van der Waals surface area contributed by atoms with Gasteiger partial charge in [0.05, 0.1) is 11.1 Å². The van der Waals surface area contributed by atoms with Crippen LogP contribution in [-0.4, -0.2) is 34.9 Å². The molecule has 2 amide bonds. The number of carbonyl (C=O) groups excluding carboxylic acids is 2. The highest BCUT2D eigenvalue weighted by Gasteiger charge is 2.17. The average molecular weight is 474 g/mol. The highest BCUT2D eigenvalue weighted by Crippen LogP contribution is 2.33. The Hall–Kier alpha value is -5.19. The summed E-state index contributed by atoms with van der Waals surface area (Å²) >= 11 is 0. The van der Waals surface area contributed by atoms with E-state index in [1.165, 1.54) is 6.08 Å². The molecule has 0 unspecified atom stereocenters. The third-order valence-corrected chi connectivity index (χ3v) is 4.83. The Morgan fingerprint density at radius 2 is 1.80 bits per heavy atom. The number of benzene rings is 3. The molecule has 1 aliphatic rings. The number of amides is 2. The molecule has 176 valence electrons. The van der Waals surface area contributed by atoms with Crippen LogP contribution < -0.4 is 20.2 Å². The second-order valence-electron chi connectivity index (χ2n) is 7.19. The molecule has 3 aromatic carbocycles. The maximum atomic E-state index is 12.9. The molecule has 3 aromatic rings. The first-order valence-electron chi connectivity index (χ1n) is 10.2. The third kappa shape index (κ3) is 5.60. The summed E-state index contributed by atoms with van der Waals surface area (Å²) in [5.41, 5.74) is 2.77. The SMILES string of the molecule is O=C(N/N=C/c1cc([N+](=O)[O-])ccc1O)C(=Cc1ccc2c(c1)OCO2)NC(=O)c1ccccc1. The predicted molar refractivity (Wildman–Crippen MR) is 125 cm³/mol. The predicted octanol–water partition coefficient (Wildman–Crippen LogP) is 2.95. The molecule has 0 bridgehead atoms. The van der Waals surface area contributed by atoms with Crippen LogP contribution in [0.15, 0.2) is 77.5 Å². The maximum Gasteiger partial charge on any atom is 0.287 e. The fraction of sp³-hybridized carbons (Fsp3) is 0.0417. The molecule has 4 rings (SSSR count). The van der Waals surface area contributed by atoms with Crippen LogP contribution in [0.4, 0.5) is 5.69 Å². The first-order chi connectivity index (χ1) is 16.9. The van der Waals surface area contributed by atoms with Crippen molar-refractivity contribution in [2.75, 3.05) is 6.79 Å². The maximum absolute atomic E-state index is 12.9. The molecule has 0 fully saturated rings. The lowest BCUT2D eigenvalue weighted by Gasteiger charge is -2.09. The standard InChI is InChI=1S/C24H18N4O7/c29-20-8-7-18(28(32)33)12-17(20)13-25-27-24(31)19(26-23(30)16-4-2-1-3-5-16)10-15-6-9-21-22(11-15)35-14-34-21/h1-13,29H,14H2,(H,26,30)(H,27,31)/b19-10?,25-13+. The van der Waals surface area contributed by atoms with Crippen LogP contribution in [0, 0.1) is 10.1 Å². The van der Waals surface area contributed by atoms with Gasteiger partial charge >= 0.3 is 0 Å². The fourth-order valence-electron chi connectivity index (χ4n) is 3.09. The van der Waals surface area contributed by atoms with Crippen molar-refractivity contribution in [1.82, 2.24) is 10.7 Å². The Balaban J connectivity index is 1.57. The molecule has 1 aliphatic heterocycles. The van der Waals surface area contributed by atoms with E-state index in [2.05, 4.69) is 15.8 Å². The molecular formula is C24H18N4O7. The van der Waals surface area contributed by atoms with Crippen LogP contribution in [0.1, 0.15) is 21.5 Å². The summed E-state index contributed by atoms with van der Waals surface area (Å²) in [4.78, 5) is 35.9. The van der Waals surface area contributed by atoms with E-state index >= 15 is 0 Å². The fourth-order valence-corrected chi connectivity index (χ4v) is 3.09. The molecule has 0 saturated carbocycles. The van der Waals surface area contributed by atoms with E-state index in [0.717, 1.165) is 24.4 Å². The Bertz CT molecular complexity index is 1350. The van der Waals surface area contributed by atoms with Crippen molar-refractivity contribution in [2.45, 2.75) is 0 Å². The van der Waals surface area contributed by atoms with E-state index in [4.69, 9.17) is 9.47 Å². The van der Waals surface area contributed by atoms with Crippen molar-refractivity contribution in [1.29, 1.82) is 0 Å². The molecular weight excluding hydrogens is 456 g/mol. The van der Waals surface area contributed by atoms with Crippen molar-refractivity contribution in [3.05, 3.63) is 99.2 Å². The number of rotatable bonds is 7. The number of nitrogens with zero attached hydrogens (tertiary/aromatic N) is 2. The summed E-state index contributed by atoms with van der Waals surface area (Å²) < 4.78 is 10.6. The highest BCUT2D eigenvalue weighted by atomic mass is 16.7. The van der Waals surface area contributed by atoms with Gasteiger partial charge in [0.2, 0.25) is 6.79 Å². The van der Waals surface area contributed by atoms with E-state index < -0.39 is 16.7 Å². The van der Waals surface area contributed by atoms with E-state index in [0.29, 0.717) is 22.6 Å². The van der Waals surface area contributed by atoms with Gasteiger partial charge in [0.15, 0.2) is 11.5 Å². The molecule has 0 spiro atoms. The topological polar surface area (TPSA) is 152 Å². The smallest absolute Gasteiger partial charge is 0.287 e. The van der Waals surface area contributed by atoms with Gasteiger partial charge in [-0.05, 0) is 42.0 Å². The number of hydrazone groups is 1. The first kappa shape index (κ1) is 23.0. The normalized spacial score (nSPS) is 12.4. The summed E-state index contributed by atoms with van der Waals surface area (Å²) in [6, 6.07) is 16.7. The van der Waals surface area contributed by atoms with Crippen LogP contribution >= 0.6 is 0 Å². The quantitative estimate of drug-likeness (QED) is 0.206. The largest absolute Gasteiger partial charge is 0.507 e. The molecule has 3 N–H and O–H groups in total. The van der Waals surface area contributed by atoms with Crippen LogP contribution in [-0.2, 0) is 4.79 Å². The van der Waals surface area contributed by atoms with E-state index in [1.807, 2.05) is 0 Å². The van der Waals surface area contributed by atoms with E-state index in [1.54, 1.807) is 48.5 Å². The number of phenolic OH excluding ortho intramolecular Hbond substituents is 1. The van der Waals surface area contributed by atoms with Gasteiger partial charge in [-0.2, -0.15) is 5.10 Å². The molecule has 35 heavy (non-hydrogen) atoms. The molecule has 0 aromatic heterocycles. The number of phenols is 1. The van der Waals surface area contributed by atoms with Gasteiger partial charge in [0.25, 0.3) is 17.5 Å². The lowest BCUT2D eigenvalue weighted by atomic mass is 10.1. The summed E-state index contributed by atoms with van der Waals surface area (Å²) in [5.74, 6) is -0.502. The lowest BCUT2D eigenvalue weighted by Crippen LogP contribution is -2.32. The van der Waals surface area contributed by atoms with Gasteiger partial charge in [0.1, 0.15) is 11.4 Å². The Morgan fingerprint density at radius 1 is 1.03 bits per heavy atom. The Kier molecular flexibility index (Phi) is 6.68. The minimum atomic E-state index is -0.770. The van der Waals surface area contributed by atoms with Crippen molar-refractivity contribution in [2.24, 2.45) is 5.10 Å². The van der Waals surface area contributed by atoms with Gasteiger partial charge in [-0.15, -0.1) is 0 Å². The number of hydrogen-bond acceptors (Lipinski definition) is 8. The van der Waals surface area contributed by atoms with Crippen LogP contribution in [0.5, 0.6) is 17.2 Å². The summed E-state index contributed by atoms with van der Waals surface area (Å²) in [7, 11) is 0. The molecule has 11 heteroatoms. The number of hydrogen-bond donors (Lipinski definition) is 3. The minimum absolute atomic E-state index is 0.0223. The van der Waals surface area contributed by atoms with Crippen LogP contribution in [0.25, 0.3) is 6.08 Å². The number of non-ortho nitro benzene ring substituents is 1. The van der Waals surface area contributed by atoms with Crippen molar-refractivity contribution >= 4 is 29.8 Å². The summed E-state index contributed by atoms with van der Waals surface area (Å²) in [6.45, 7) is 0.0831. The number of nitrogens with one attached hydrogen (secondary N) is 2. The minimum Gasteiger partial charge on any atom is -0.507 e. The number of fused-ring (bicyclic) bond motifs is 1. The second kappa shape index (κ2) is 10.2. The molecule has 0 radical (unpaired) electrons. The van der Waals surface area contributed by atoms with Gasteiger partial charge in [0, 0.05) is 23.3 Å². The number of aromatic hydroxyl groups is 1. The van der Waals surface area contributed by atoms with Gasteiger partial charge < -0.3 is 19.9 Å². The number of nitro groups is 1. The highest BCUT2D eigenvalue weighted by molar-refractivity contribution is 6.05. The molecule has 11 nitrogen and oxygen atoms in total. The van der Waals surface area contributed by atoms with Crippen molar-refractivity contribution in [3.63, 3.8) is 0 Å². The Labute approximate surface area is 198 Å². The zero-order valence-electron chi connectivity index (χ0n) is 18.0. The average Bonchev–Trinajstić information content (AvgIpc) is 3.33. The summed E-state index contributed by atoms with van der Waals surface area (Å²) in [6.07, 6.45) is 2.48. The van der Waals surface area contributed by atoms with Gasteiger partial charge in [-0.25, -0.2) is 5.43 Å². The lowest BCUT2D eigenvalue weighted by molar-refractivity contribution is -0.384. The number of nitro benzene ring substituents is 1. The number of ether oxygens (including phenoxy) is 2. The first-order valence-corrected chi connectivity index (χ1v) is 10.2. The Morgan fingerprint density at radius 3 is 2.57 bits per heavy atom. The third-order valence-electron chi connectivity index (χ3n) is 4.83. The van der Waals surface area contributed by atoms with Gasteiger partial charge in [-0.1, -0.05) is 24.3 Å². The van der Waals surface area contributed by atoms with Crippen molar-refractivity contribution < 1.29 is 29.1 Å². The number of carbonyl (C=O) groups is 2. The molecule has 1 heterocycles. The molecule has 0 saturated heterocycles. The van der Waals surface area contributed by atoms with E-state index in [9.17, 15) is 24.8 Å². The van der Waals surface area contributed by atoms with Crippen LogP contribution in [0.2, 0.25) is 0 Å². The van der Waals surface area contributed by atoms with Crippen molar-refractivity contribution in [3.8, 4) is 17.2 Å². The second-order valence-corrected chi connectivity index (χ2v) is 7.19. The monoisotopic (exact) mass is 474 g/mol. The van der Waals surface area contributed by atoms with E-state index in [-0.39, 0.29) is 29.5 Å². The molecule has 0 atom stereocenters. The zero-order chi connectivity index (χ0) is 24.8. The summed E-state index contributed by atoms with van der Waals surface area (Å²) in [5, 5.41) is 27.2. The zero-order valence-corrected chi connectivity index (χ0v) is 18.0.